The molecule has 2 heterocycles. The molecule has 0 spiro atoms. The quantitative estimate of drug-likeness (QED) is 0.471. The second kappa shape index (κ2) is 4.77. The summed E-state index contributed by atoms with van der Waals surface area (Å²) >= 11 is 0. The minimum Gasteiger partial charge on any atom is -0.394 e. The van der Waals surface area contributed by atoms with Crippen molar-refractivity contribution in [1.82, 2.24) is 10.2 Å². The molecule has 2 saturated heterocycles. The Morgan fingerprint density at radius 3 is 2.76 bits per heavy atom. The number of hydrogen-bond donors (Lipinski definition) is 4. The van der Waals surface area contributed by atoms with Crippen LogP contribution in [-0.4, -0.2) is 64.1 Å². The minimum absolute atomic E-state index is 0.270. The number of hydrogen-bond acceptors (Lipinski definition) is 5. The zero-order chi connectivity index (χ0) is 12.6. The molecule has 98 valence electrons. The van der Waals surface area contributed by atoms with Gasteiger partial charge in [0.15, 0.2) is 0 Å². The van der Waals surface area contributed by atoms with Gasteiger partial charge in [0.05, 0.1) is 12.7 Å². The van der Waals surface area contributed by atoms with E-state index < -0.39 is 30.7 Å². The van der Waals surface area contributed by atoms with Crippen LogP contribution in [0.25, 0.3) is 0 Å². The van der Waals surface area contributed by atoms with E-state index in [0.29, 0.717) is 13.0 Å². The second-order valence-electron chi connectivity index (χ2n) is 4.54. The molecule has 7 heteroatoms. The predicted molar refractivity (Wildman–Crippen MR) is 56.8 cm³/mol. The summed E-state index contributed by atoms with van der Waals surface area (Å²) in [5.41, 5.74) is 0. The molecule has 2 rings (SSSR count). The van der Waals surface area contributed by atoms with Crippen LogP contribution in [0.1, 0.15) is 13.3 Å². The first-order valence-corrected chi connectivity index (χ1v) is 5.74. The number of carbonyl (C=O) groups excluding carboxylic acids is 1. The van der Waals surface area contributed by atoms with Gasteiger partial charge in [0.2, 0.25) is 0 Å². The molecule has 4 N–H and O–H groups in total. The van der Waals surface area contributed by atoms with E-state index >= 15 is 0 Å². The van der Waals surface area contributed by atoms with E-state index in [-0.39, 0.29) is 12.5 Å². The van der Waals surface area contributed by atoms with Crippen molar-refractivity contribution in [3.05, 3.63) is 0 Å². The summed E-state index contributed by atoms with van der Waals surface area (Å²) in [7, 11) is 0. The minimum atomic E-state index is -0.825. The van der Waals surface area contributed by atoms with Gasteiger partial charge in [-0.1, -0.05) is 6.92 Å². The summed E-state index contributed by atoms with van der Waals surface area (Å²) in [6.07, 6.45) is -2.42. The third-order valence-electron chi connectivity index (χ3n) is 3.37. The summed E-state index contributed by atoms with van der Waals surface area (Å²) in [5.74, 6) is -0.270. The number of aliphatic hydroxyl groups excluding tert-OH is 3. The normalized spacial score (nSPS) is 42.7. The zero-order valence-electron chi connectivity index (χ0n) is 9.61. The van der Waals surface area contributed by atoms with Crippen LogP contribution in [-0.2, 0) is 4.74 Å². The molecule has 5 atom stereocenters. The number of carbonyl (C=O) groups is 1. The van der Waals surface area contributed by atoms with Crippen molar-refractivity contribution in [1.29, 1.82) is 0 Å². The van der Waals surface area contributed by atoms with E-state index in [1.165, 1.54) is 4.90 Å². The van der Waals surface area contributed by atoms with Gasteiger partial charge in [0.1, 0.15) is 18.6 Å². The van der Waals surface area contributed by atoms with E-state index in [0.717, 1.165) is 0 Å². The number of aliphatic hydroxyl groups is 3. The predicted octanol–water partition coefficient (Wildman–Crippen LogP) is -1.57. The fourth-order valence-electron chi connectivity index (χ4n) is 2.30. The average molecular weight is 246 g/mol. The second-order valence-corrected chi connectivity index (χ2v) is 4.54. The number of urea groups is 1. The van der Waals surface area contributed by atoms with Crippen LogP contribution < -0.4 is 5.32 Å². The Bertz CT molecular complexity index is 300. The first kappa shape index (κ1) is 12.6. The van der Waals surface area contributed by atoms with Crippen LogP contribution in [0, 0.1) is 5.92 Å². The van der Waals surface area contributed by atoms with Crippen LogP contribution in [0.5, 0.6) is 0 Å². The van der Waals surface area contributed by atoms with Crippen LogP contribution in [0.2, 0.25) is 0 Å². The summed E-state index contributed by atoms with van der Waals surface area (Å²) in [5, 5.41) is 30.5. The highest BCUT2D eigenvalue weighted by Crippen LogP contribution is 2.30. The highest BCUT2D eigenvalue weighted by atomic mass is 16.5. The lowest BCUT2D eigenvalue weighted by Gasteiger charge is -2.36. The van der Waals surface area contributed by atoms with Gasteiger partial charge in [-0.2, -0.15) is 0 Å². The Balaban J connectivity index is 2.05. The maximum absolute atomic E-state index is 11.7. The first-order chi connectivity index (χ1) is 8.04. The van der Waals surface area contributed by atoms with Crippen molar-refractivity contribution >= 4 is 6.03 Å². The average Bonchev–Trinajstić information content (AvgIpc) is 2.57. The maximum atomic E-state index is 11.7. The summed E-state index contributed by atoms with van der Waals surface area (Å²) in [6.45, 7) is 1.86. The number of nitrogens with one attached hydrogen (secondary N) is 1. The molecule has 2 fully saturated rings. The Morgan fingerprint density at radius 1 is 1.53 bits per heavy atom. The Labute approximate surface area is 99.0 Å². The molecule has 17 heavy (non-hydrogen) atoms. The number of ether oxygens (including phenoxy) is 1. The Hall–Kier alpha value is -0.890. The molecule has 0 radical (unpaired) electrons. The molecule has 0 aliphatic carbocycles. The standard InChI is InChI=1S/C10H18N2O5/c1-5-8(15)6(4-13)17-9(5)12-3-2-7(14)11-10(12)16/h5-9,13-15H,2-4H2,1H3,(H,11,16)/t5-,6+,7+,8-,9?/m0/s1. The van der Waals surface area contributed by atoms with Crippen LogP contribution in [0.15, 0.2) is 0 Å². The SMILES string of the molecule is C[C@@H]1C(N2CC[C@@H](O)NC2=O)O[C@H](CO)[C@H]1O. The molecule has 0 saturated carbocycles. The molecule has 7 nitrogen and oxygen atoms in total. The van der Waals surface area contributed by atoms with Gasteiger partial charge in [-0.3, -0.25) is 4.90 Å². The molecule has 2 aliphatic heterocycles. The van der Waals surface area contributed by atoms with Crippen molar-refractivity contribution in [2.24, 2.45) is 5.92 Å². The fourth-order valence-corrected chi connectivity index (χ4v) is 2.30. The molecular formula is C10H18N2O5. The zero-order valence-corrected chi connectivity index (χ0v) is 9.61. The highest BCUT2D eigenvalue weighted by molar-refractivity contribution is 5.75. The third-order valence-corrected chi connectivity index (χ3v) is 3.37. The van der Waals surface area contributed by atoms with E-state index in [1.54, 1.807) is 6.92 Å². The fraction of sp³-hybridized carbons (Fsp3) is 0.900. The summed E-state index contributed by atoms with van der Waals surface area (Å²) < 4.78 is 5.46. The number of nitrogens with zero attached hydrogens (tertiary/aromatic N) is 1. The lowest BCUT2D eigenvalue weighted by Crippen LogP contribution is -2.56. The highest BCUT2D eigenvalue weighted by Gasteiger charge is 2.45. The smallest absolute Gasteiger partial charge is 0.321 e. The van der Waals surface area contributed by atoms with Gasteiger partial charge in [-0.05, 0) is 0 Å². The van der Waals surface area contributed by atoms with Gasteiger partial charge in [-0.15, -0.1) is 0 Å². The molecule has 2 amide bonds. The van der Waals surface area contributed by atoms with E-state index in [9.17, 15) is 15.0 Å². The molecular weight excluding hydrogens is 228 g/mol. The van der Waals surface area contributed by atoms with Gasteiger partial charge in [0, 0.05) is 18.9 Å². The summed E-state index contributed by atoms with van der Waals surface area (Å²) in [6, 6.07) is -0.411. The lowest BCUT2D eigenvalue weighted by atomic mass is 10.0. The Morgan fingerprint density at radius 2 is 2.24 bits per heavy atom. The maximum Gasteiger partial charge on any atom is 0.321 e. The number of rotatable bonds is 2. The molecule has 0 aromatic carbocycles. The van der Waals surface area contributed by atoms with Crippen molar-refractivity contribution in [2.75, 3.05) is 13.2 Å². The number of amides is 2. The van der Waals surface area contributed by atoms with Crippen LogP contribution in [0.3, 0.4) is 0 Å². The summed E-state index contributed by atoms with van der Waals surface area (Å²) in [4.78, 5) is 13.1. The van der Waals surface area contributed by atoms with Gasteiger partial charge >= 0.3 is 6.03 Å². The van der Waals surface area contributed by atoms with Gasteiger partial charge < -0.3 is 25.4 Å². The van der Waals surface area contributed by atoms with Gasteiger partial charge in [0.25, 0.3) is 0 Å². The van der Waals surface area contributed by atoms with Crippen molar-refractivity contribution in [2.45, 2.75) is 38.0 Å². The van der Waals surface area contributed by atoms with Crippen LogP contribution >= 0.6 is 0 Å². The molecule has 0 bridgehead atoms. The van der Waals surface area contributed by atoms with E-state index in [1.807, 2.05) is 0 Å². The van der Waals surface area contributed by atoms with Crippen LogP contribution in [0.4, 0.5) is 4.79 Å². The van der Waals surface area contributed by atoms with Gasteiger partial charge in [-0.25, -0.2) is 4.79 Å². The molecule has 2 aliphatic rings. The molecule has 0 aromatic rings. The largest absolute Gasteiger partial charge is 0.394 e. The Kier molecular flexibility index (Phi) is 3.53. The lowest BCUT2D eigenvalue weighted by molar-refractivity contribution is -0.0775. The van der Waals surface area contributed by atoms with E-state index in [4.69, 9.17) is 9.84 Å². The molecule has 0 aromatic heterocycles. The van der Waals surface area contributed by atoms with E-state index in [2.05, 4.69) is 5.32 Å². The topological polar surface area (TPSA) is 102 Å². The van der Waals surface area contributed by atoms with Crippen molar-refractivity contribution in [3.8, 4) is 0 Å². The first-order valence-electron chi connectivity index (χ1n) is 5.74. The van der Waals surface area contributed by atoms with Crippen molar-refractivity contribution in [3.63, 3.8) is 0 Å². The molecule has 1 unspecified atom stereocenters. The third kappa shape index (κ3) is 2.23. The van der Waals surface area contributed by atoms with Crippen molar-refractivity contribution < 1.29 is 24.9 Å². The monoisotopic (exact) mass is 246 g/mol.